The van der Waals surface area contributed by atoms with Crippen LogP contribution in [-0.4, -0.2) is 44.9 Å². The van der Waals surface area contributed by atoms with E-state index in [1.807, 2.05) is 30.0 Å². The largest absolute Gasteiger partial charge is 0.358 e. The summed E-state index contributed by atoms with van der Waals surface area (Å²) in [5.41, 5.74) is 1.87. The molecule has 0 radical (unpaired) electrons. The first kappa shape index (κ1) is 17.3. The number of hydrogen-bond acceptors (Lipinski definition) is 5. The Bertz CT molecular complexity index is 713. The second-order valence-electron chi connectivity index (χ2n) is 6.41. The molecule has 6 heteroatoms. The van der Waals surface area contributed by atoms with Gasteiger partial charge in [0.05, 0.1) is 0 Å². The molecule has 0 aliphatic carbocycles. The van der Waals surface area contributed by atoms with Crippen molar-refractivity contribution in [3.05, 3.63) is 36.3 Å². The highest BCUT2D eigenvalue weighted by molar-refractivity contribution is 5.84. The van der Waals surface area contributed by atoms with E-state index in [2.05, 4.69) is 27.2 Å². The van der Waals surface area contributed by atoms with Crippen LogP contribution in [-0.2, 0) is 11.2 Å². The van der Waals surface area contributed by atoms with Crippen LogP contribution in [0, 0.1) is 0 Å². The number of aromatic nitrogens is 3. The van der Waals surface area contributed by atoms with Gasteiger partial charge >= 0.3 is 0 Å². The van der Waals surface area contributed by atoms with Crippen molar-refractivity contribution in [2.75, 3.05) is 18.4 Å². The fourth-order valence-corrected chi connectivity index (χ4v) is 3.05. The highest BCUT2D eigenvalue weighted by atomic mass is 16.2. The zero-order chi connectivity index (χ0) is 17.6. The topological polar surface area (TPSA) is 71.0 Å². The maximum atomic E-state index is 12.6. The minimum Gasteiger partial charge on any atom is -0.358 e. The molecule has 0 bridgehead atoms. The average Bonchev–Trinajstić information content (AvgIpc) is 2.68. The molecular weight excluding hydrogens is 314 g/mol. The number of rotatable bonds is 5. The van der Waals surface area contributed by atoms with Crippen LogP contribution in [0.4, 0.5) is 5.82 Å². The van der Waals surface area contributed by atoms with Gasteiger partial charge in [0, 0.05) is 42.8 Å². The molecule has 3 rings (SSSR count). The van der Waals surface area contributed by atoms with Crippen LogP contribution >= 0.6 is 0 Å². The Kier molecular flexibility index (Phi) is 5.58. The van der Waals surface area contributed by atoms with Gasteiger partial charge in [0.15, 0.2) is 5.82 Å². The smallest absolute Gasteiger partial charge is 0.244 e. The molecule has 1 fully saturated rings. The van der Waals surface area contributed by atoms with Crippen molar-refractivity contribution < 1.29 is 4.79 Å². The third-order valence-corrected chi connectivity index (χ3v) is 4.48. The summed E-state index contributed by atoms with van der Waals surface area (Å²) in [4.78, 5) is 27.8. The van der Waals surface area contributed by atoms with E-state index in [0.717, 1.165) is 43.6 Å². The van der Waals surface area contributed by atoms with Crippen LogP contribution in [0.1, 0.15) is 38.8 Å². The number of nitrogens with zero attached hydrogens (tertiary/aromatic N) is 4. The maximum Gasteiger partial charge on any atom is 0.244 e. The first-order valence-electron chi connectivity index (χ1n) is 9.01. The third-order valence-electron chi connectivity index (χ3n) is 4.48. The Morgan fingerprint density at radius 3 is 2.60 bits per heavy atom. The zero-order valence-corrected chi connectivity index (χ0v) is 14.9. The van der Waals surface area contributed by atoms with Crippen molar-refractivity contribution in [2.24, 2.45) is 0 Å². The number of nitrogens with one attached hydrogen (secondary N) is 1. The van der Waals surface area contributed by atoms with Crippen LogP contribution < -0.4 is 5.32 Å². The highest BCUT2D eigenvalue weighted by Crippen LogP contribution is 2.19. The summed E-state index contributed by atoms with van der Waals surface area (Å²) in [6.07, 6.45) is 7.67. The van der Waals surface area contributed by atoms with Crippen LogP contribution in [0.25, 0.3) is 11.4 Å². The molecule has 0 saturated carbocycles. The van der Waals surface area contributed by atoms with Gasteiger partial charge < -0.3 is 10.2 Å². The van der Waals surface area contributed by atoms with E-state index in [0.29, 0.717) is 11.6 Å². The van der Waals surface area contributed by atoms with Crippen molar-refractivity contribution in [1.29, 1.82) is 0 Å². The number of pyridine rings is 1. The number of carbonyl (C=O) groups is 1. The van der Waals surface area contributed by atoms with E-state index in [1.54, 1.807) is 12.4 Å². The van der Waals surface area contributed by atoms with Gasteiger partial charge in [-0.2, -0.15) is 0 Å². The van der Waals surface area contributed by atoms with Crippen molar-refractivity contribution >= 4 is 11.7 Å². The number of likely N-dealkylation sites (tertiary alicyclic amines) is 1. The predicted molar refractivity (Wildman–Crippen MR) is 98.2 cm³/mol. The van der Waals surface area contributed by atoms with E-state index in [4.69, 9.17) is 0 Å². The highest BCUT2D eigenvalue weighted by Gasteiger charge is 2.22. The Hall–Kier alpha value is -2.50. The summed E-state index contributed by atoms with van der Waals surface area (Å²) in [5, 5.41) is 3.27. The zero-order valence-electron chi connectivity index (χ0n) is 14.9. The summed E-state index contributed by atoms with van der Waals surface area (Å²) >= 11 is 0. The number of piperidine rings is 1. The summed E-state index contributed by atoms with van der Waals surface area (Å²) in [6.45, 7) is 5.68. The molecule has 0 aromatic carbocycles. The molecule has 0 spiro atoms. The quantitative estimate of drug-likeness (QED) is 0.907. The van der Waals surface area contributed by atoms with Crippen LogP contribution in [0.2, 0.25) is 0 Å². The molecule has 1 aliphatic heterocycles. The standard InChI is InChI=1S/C19H25N5O/c1-3-16-13-17(23-18(22-16)15-7-9-20-10-8-15)21-14(2)19(25)24-11-5-4-6-12-24/h7-10,13-14H,3-6,11-12H2,1-2H3,(H,21,22,23). The Balaban J connectivity index is 1.78. The van der Waals surface area contributed by atoms with Gasteiger partial charge in [-0.25, -0.2) is 9.97 Å². The van der Waals surface area contributed by atoms with Gasteiger partial charge in [-0.1, -0.05) is 6.92 Å². The van der Waals surface area contributed by atoms with Gasteiger partial charge in [-0.05, 0) is 44.7 Å². The van der Waals surface area contributed by atoms with E-state index < -0.39 is 0 Å². The van der Waals surface area contributed by atoms with E-state index in [1.165, 1.54) is 6.42 Å². The van der Waals surface area contributed by atoms with Crippen LogP contribution in [0.5, 0.6) is 0 Å². The fraction of sp³-hybridized carbons (Fsp3) is 0.474. The average molecular weight is 339 g/mol. The second kappa shape index (κ2) is 8.05. The summed E-state index contributed by atoms with van der Waals surface area (Å²) < 4.78 is 0. The maximum absolute atomic E-state index is 12.6. The molecule has 6 nitrogen and oxygen atoms in total. The molecule has 25 heavy (non-hydrogen) atoms. The Labute approximate surface area is 148 Å². The lowest BCUT2D eigenvalue weighted by Crippen LogP contribution is -2.44. The molecule has 1 aliphatic rings. The molecular formula is C19H25N5O. The lowest BCUT2D eigenvalue weighted by Gasteiger charge is -2.29. The van der Waals surface area contributed by atoms with Crippen molar-refractivity contribution in [3.8, 4) is 11.4 Å². The van der Waals surface area contributed by atoms with Crippen LogP contribution in [0.15, 0.2) is 30.6 Å². The molecule has 3 heterocycles. The second-order valence-corrected chi connectivity index (χ2v) is 6.41. The number of amides is 1. The molecule has 1 N–H and O–H groups in total. The van der Waals surface area contributed by atoms with Gasteiger partial charge in [0.2, 0.25) is 5.91 Å². The first-order valence-corrected chi connectivity index (χ1v) is 9.01. The molecule has 2 aromatic rings. The van der Waals surface area contributed by atoms with Crippen molar-refractivity contribution in [3.63, 3.8) is 0 Å². The third kappa shape index (κ3) is 4.32. The van der Waals surface area contributed by atoms with Crippen molar-refractivity contribution in [1.82, 2.24) is 19.9 Å². The normalized spacial score (nSPS) is 15.7. The van der Waals surface area contributed by atoms with Gasteiger partial charge in [-0.3, -0.25) is 9.78 Å². The molecule has 1 unspecified atom stereocenters. The van der Waals surface area contributed by atoms with Crippen molar-refractivity contribution in [2.45, 2.75) is 45.6 Å². The number of aryl methyl sites for hydroxylation is 1. The molecule has 132 valence electrons. The number of anilines is 1. The Morgan fingerprint density at radius 1 is 1.20 bits per heavy atom. The van der Waals surface area contributed by atoms with E-state index in [9.17, 15) is 4.79 Å². The SMILES string of the molecule is CCc1cc(NC(C)C(=O)N2CCCCC2)nc(-c2ccncc2)n1. The predicted octanol–water partition coefficient (Wildman–Crippen LogP) is 2.91. The minimum absolute atomic E-state index is 0.141. The number of carbonyl (C=O) groups excluding carboxylic acids is 1. The molecule has 1 amide bonds. The first-order chi connectivity index (χ1) is 12.2. The van der Waals surface area contributed by atoms with E-state index >= 15 is 0 Å². The summed E-state index contributed by atoms with van der Waals surface area (Å²) in [7, 11) is 0. The van der Waals surface area contributed by atoms with E-state index in [-0.39, 0.29) is 11.9 Å². The van der Waals surface area contributed by atoms with Crippen LogP contribution in [0.3, 0.4) is 0 Å². The molecule has 1 atom stereocenters. The van der Waals surface area contributed by atoms with Gasteiger partial charge in [0.25, 0.3) is 0 Å². The molecule has 2 aromatic heterocycles. The molecule has 1 saturated heterocycles. The van der Waals surface area contributed by atoms with Gasteiger partial charge in [-0.15, -0.1) is 0 Å². The number of hydrogen-bond donors (Lipinski definition) is 1. The minimum atomic E-state index is -0.303. The summed E-state index contributed by atoms with van der Waals surface area (Å²) in [6, 6.07) is 5.40. The lowest BCUT2D eigenvalue weighted by molar-refractivity contribution is -0.132. The monoisotopic (exact) mass is 339 g/mol. The Morgan fingerprint density at radius 2 is 1.92 bits per heavy atom. The fourth-order valence-electron chi connectivity index (χ4n) is 3.05. The lowest BCUT2D eigenvalue weighted by atomic mass is 10.1. The summed E-state index contributed by atoms with van der Waals surface area (Å²) in [5.74, 6) is 1.49. The van der Waals surface area contributed by atoms with Gasteiger partial charge in [0.1, 0.15) is 11.9 Å².